The molecule has 0 bridgehead atoms. The maximum Gasteiger partial charge on any atom is 0.474 e. The summed E-state index contributed by atoms with van der Waals surface area (Å²) in [4.78, 5) is 28.3. The number of hydrogen-bond acceptors (Lipinski definition) is 4. The molecule has 2 heterocycles. The molecule has 0 aromatic carbocycles. The zero-order valence-electron chi connectivity index (χ0n) is 9.49. The molecular weight excluding hydrogens is 285 g/mol. The Morgan fingerprint density at radius 1 is 1.42 bits per heavy atom. The van der Waals surface area contributed by atoms with Gasteiger partial charge in [0.2, 0.25) is 0 Å². The van der Waals surface area contributed by atoms with E-state index < -0.39 is 18.2 Å². The summed E-state index contributed by atoms with van der Waals surface area (Å²) < 4.78 is 35.6. The van der Waals surface area contributed by atoms with Gasteiger partial charge >= 0.3 is 18.2 Å². The first-order chi connectivity index (χ1) is 8.88. The largest absolute Gasteiger partial charge is 0.474 e. The van der Waals surface area contributed by atoms with Crippen LogP contribution in [0.3, 0.4) is 0 Å². The van der Waals surface area contributed by atoms with Gasteiger partial charge in [-0.1, -0.05) is 0 Å². The molecule has 0 fully saturated rings. The summed E-state index contributed by atoms with van der Waals surface area (Å²) in [6.45, 7) is 0.609. The lowest BCUT2D eigenvalue weighted by Crippen LogP contribution is -2.43. The fourth-order valence-corrected chi connectivity index (χ4v) is 2.55. The molecule has 1 aromatic rings. The van der Waals surface area contributed by atoms with E-state index in [1.165, 1.54) is 16.2 Å². The Balaban J connectivity index is 1.87. The molecule has 0 radical (unpaired) electrons. The van der Waals surface area contributed by atoms with E-state index in [1.807, 2.05) is 11.4 Å². The molecule has 0 aliphatic carbocycles. The summed E-state index contributed by atoms with van der Waals surface area (Å²) in [6, 6.07) is 1.94. The van der Waals surface area contributed by atoms with Crippen LogP contribution in [0, 0.1) is 0 Å². The highest BCUT2D eigenvalue weighted by atomic mass is 32.1. The summed E-state index contributed by atoms with van der Waals surface area (Å²) in [5, 5.41) is 1.88. The molecule has 1 N–H and O–H groups in total. The van der Waals surface area contributed by atoms with Crippen molar-refractivity contribution in [2.75, 3.05) is 6.54 Å². The Morgan fingerprint density at radius 2 is 2.16 bits per heavy atom. The van der Waals surface area contributed by atoms with E-state index >= 15 is 0 Å². The van der Waals surface area contributed by atoms with Gasteiger partial charge in [-0.2, -0.15) is 18.7 Å². The topological polar surface area (TPSA) is 58.6 Å². The molecule has 1 aromatic heterocycles. The summed E-state index contributed by atoms with van der Waals surface area (Å²) in [7, 11) is 0. The van der Waals surface area contributed by atoms with Crippen molar-refractivity contribution in [2.45, 2.75) is 19.1 Å². The van der Waals surface area contributed by atoms with Crippen LogP contribution in [0.1, 0.15) is 10.4 Å². The van der Waals surface area contributed by atoms with Crippen LogP contribution < -0.4 is 5.48 Å². The monoisotopic (exact) mass is 294 g/mol. The molecular formula is C10H9F3N2O3S. The van der Waals surface area contributed by atoms with Gasteiger partial charge in [0, 0.05) is 11.4 Å². The minimum Gasteiger partial charge on any atom is -0.321 e. The van der Waals surface area contributed by atoms with E-state index in [9.17, 15) is 22.8 Å². The molecule has 0 unspecified atom stereocenters. The first kappa shape index (κ1) is 13.7. The number of fused-ring (bicyclic) bond motifs is 1. The first-order valence-corrected chi connectivity index (χ1v) is 6.14. The second-order valence-electron chi connectivity index (χ2n) is 3.84. The van der Waals surface area contributed by atoms with Crippen molar-refractivity contribution in [3.05, 3.63) is 21.9 Å². The Morgan fingerprint density at radius 3 is 2.84 bits per heavy atom. The normalized spacial score (nSPS) is 14.8. The van der Waals surface area contributed by atoms with Crippen LogP contribution in [0.5, 0.6) is 0 Å². The van der Waals surface area contributed by atoms with Gasteiger partial charge in [0.1, 0.15) is 0 Å². The van der Waals surface area contributed by atoms with Crippen LogP contribution in [0.15, 0.2) is 11.4 Å². The maximum atomic E-state index is 11.9. The second kappa shape index (κ2) is 5.08. The average Bonchev–Trinajstić information content (AvgIpc) is 2.81. The number of amides is 2. The van der Waals surface area contributed by atoms with E-state index in [-0.39, 0.29) is 6.54 Å². The predicted octanol–water partition coefficient (Wildman–Crippen LogP) is 1.84. The van der Waals surface area contributed by atoms with Crippen molar-refractivity contribution < 1.29 is 27.6 Å². The number of rotatable bonds is 0. The van der Waals surface area contributed by atoms with Gasteiger partial charge in [-0.05, 0) is 23.4 Å². The van der Waals surface area contributed by atoms with E-state index in [2.05, 4.69) is 4.84 Å². The number of hydroxylamine groups is 1. The lowest BCUT2D eigenvalue weighted by molar-refractivity contribution is -0.182. The Bertz CT molecular complexity index is 500. The molecule has 1 aliphatic rings. The lowest BCUT2D eigenvalue weighted by atomic mass is 10.1. The summed E-state index contributed by atoms with van der Waals surface area (Å²) in [5.41, 5.74) is 2.20. The quantitative estimate of drug-likeness (QED) is 0.743. The zero-order valence-corrected chi connectivity index (χ0v) is 10.3. The van der Waals surface area contributed by atoms with Gasteiger partial charge in [0.05, 0.1) is 6.54 Å². The van der Waals surface area contributed by atoms with Crippen molar-refractivity contribution in [3.63, 3.8) is 0 Å². The van der Waals surface area contributed by atoms with Gasteiger partial charge in [0.25, 0.3) is 0 Å². The van der Waals surface area contributed by atoms with E-state index in [4.69, 9.17) is 0 Å². The highest BCUT2D eigenvalue weighted by Gasteiger charge is 2.40. The van der Waals surface area contributed by atoms with Crippen molar-refractivity contribution in [1.82, 2.24) is 10.4 Å². The van der Waals surface area contributed by atoms with E-state index in [0.717, 1.165) is 15.9 Å². The van der Waals surface area contributed by atoms with Gasteiger partial charge in [0.15, 0.2) is 0 Å². The SMILES string of the molecule is O=C(ONC(=O)C(F)(F)F)N1CCc2ccsc2C1. The predicted molar refractivity (Wildman–Crippen MR) is 59.1 cm³/mol. The van der Waals surface area contributed by atoms with Gasteiger partial charge < -0.3 is 9.74 Å². The third kappa shape index (κ3) is 3.16. The standard InChI is InChI=1S/C10H9F3N2O3S/c11-10(12,13)8(16)14-18-9(17)15-3-1-6-2-4-19-7(6)5-15/h2,4H,1,3,5H2,(H,14,16). The number of carbonyl (C=O) groups is 2. The average molecular weight is 294 g/mol. The molecule has 0 saturated heterocycles. The minimum absolute atomic E-state index is 0.272. The summed E-state index contributed by atoms with van der Waals surface area (Å²) >= 11 is 1.46. The maximum absolute atomic E-state index is 11.9. The lowest BCUT2D eigenvalue weighted by Gasteiger charge is -2.25. The molecule has 0 spiro atoms. The first-order valence-electron chi connectivity index (χ1n) is 5.26. The van der Waals surface area contributed by atoms with Crippen molar-refractivity contribution in [1.29, 1.82) is 0 Å². The van der Waals surface area contributed by atoms with Crippen molar-refractivity contribution in [2.24, 2.45) is 0 Å². The second-order valence-corrected chi connectivity index (χ2v) is 4.84. The molecule has 2 rings (SSSR count). The molecule has 0 saturated carbocycles. The number of nitrogens with one attached hydrogen (secondary N) is 1. The van der Waals surface area contributed by atoms with Crippen LogP contribution in [0.25, 0.3) is 0 Å². The highest BCUT2D eigenvalue weighted by molar-refractivity contribution is 7.10. The molecule has 2 amide bonds. The van der Waals surface area contributed by atoms with E-state index in [1.54, 1.807) is 0 Å². The van der Waals surface area contributed by atoms with Crippen LogP contribution >= 0.6 is 11.3 Å². The van der Waals surface area contributed by atoms with Crippen molar-refractivity contribution >= 4 is 23.3 Å². The molecule has 104 valence electrons. The molecule has 5 nitrogen and oxygen atoms in total. The summed E-state index contributed by atoms with van der Waals surface area (Å²) in [6.07, 6.45) is -5.47. The van der Waals surface area contributed by atoms with Crippen LogP contribution in [0.2, 0.25) is 0 Å². The summed E-state index contributed by atoms with van der Waals surface area (Å²) in [5.74, 6) is -2.31. The number of thiophene rings is 1. The van der Waals surface area contributed by atoms with Crippen molar-refractivity contribution in [3.8, 4) is 0 Å². The number of halogens is 3. The number of alkyl halides is 3. The molecule has 9 heteroatoms. The molecule has 0 atom stereocenters. The van der Waals surface area contributed by atoms with Gasteiger partial charge in [-0.3, -0.25) is 4.79 Å². The number of hydrogen-bond donors (Lipinski definition) is 1. The van der Waals surface area contributed by atoms with Gasteiger partial charge in [-0.25, -0.2) is 4.79 Å². The Hall–Kier alpha value is -1.77. The fourth-order valence-electron chi connectivity index (χ4n) is 1.60. The van der Waals surface area contributed by atoms with Crippen LogP contribution in [-0.2, 0) is 22.6 Å². The molecule has 1 aliphatic heterocycles. The van der Waals surface area contributed by atoms with E-state index in [0.29, 0.717) is 13.0 Å². The highest BCUT2D eigenvalue weighted by Crippen LogP contribution is 2.24. The Kier molecular flexibility index (Phi) is 3.65. The fraction of sp³-hybridized carbons (Fsp3) is 0.400. The number of nitrogens with zero attached hydrogens (tertiary/aromatic N) is 1. The third-order valence-electron chi connectivity index (χ3n) is 2.57. The zero-order chi connectivity index (χ0) is 14.0. The number of carbonyl (C=O) groups excluding carboxylic acids is 2. The third-order valence-corrected chi connectivity index (χ3v) is 3.52. The minimum atomic E-state index is -5.08. The Labute approximate surface area is 109 Å². The smallest absolute Gasteiger partial charge is 0.321 e. The van der Waals surface area contributed by atoms with Gasteiger partial charge in [-0.15, -0.1) is 11.3 Å². The molecule has 19 heavy (non-hydrogen) atoms. The van der Waals surface area contributed by atoms with Crippen LogP contribution in [0.4, 0.5) is 18.0 Å². The van der Waals surface area contributed by atoms with Crippen LogP contribution in [-0.4, -0.2) is 29.6 Å².